The molecule has 1 aromatic carbocycles. The number of nitrogens with one attached hydrogen (secondary N) is 1. The maximum Gasteiger partial charge on any atom is 0.238 e. The molecular weight excluding hydrogens is 368 g/mol. The summed E-state index contributed by atoms with van der Waals surface area (Å²) in [5.41, 5.74) is 0.998. The van der Waals surface area contributed by atoms with E-state index in [1.807, 2.05) is 7.05 Å². The van der Waals surface area contributed by atoms with Crippen LogP contribution in [0.15, 0.2) is 34.2 Å². The smallest absolute Gasteiger partial charge is 0.238 e. The van der Waals surface area contributed by atoms with E-state index in [-0.39, 0.29) is 4.90 Å². The van der Waals surface area contributed by atoms with Crippen LogP contribution >= 0.6 is 11.8 Å². The van der Waals surface area contributed by atoms with Crippen LogP contribution in [0.1, 0.15) is 37.7 Å². The third kappa shape index (κ3) is 4.72. The summed E-state index contributed by atoms with van der Waals surface area (Å²) in [6.07, 6.45) is 6.65. The maximum absolute atomic E-state index is 11.3. The highest BCUT2D eigenvalue weighted by Gasteiger charge is 2.38. The van der Waals surface area contributed by atoms with Crippen LogP contribution in [0.3, 0.4) is 0 Å². The first-order valence-electron chi connectivity index (χ1n) is 9.13. The number of guanidine groups is 1. The molecule has 144 valence electrons. The zero-order valence-corrected chi connectivity index (χ0v) is 16.9. The SMILES string of the molecule is CN=C(NCc1ccc(S(N)(=O)=O)cc1)N1CCSC2(CCCCC2)C1. The van der Waals surface area contributed by atoms with Crippen molar-refractivity contribution in [2.45, 2.75) is 48.3 Å². The molecule has 3 N–H and O–H groups in total. The Morgan fingerprint density at radius 2 is 1.96 bits per heavy atom. The van der Waals surface area contributed by atoms with E-state index in [4.69, 9.17) is 5.14 Å². The Labute approximate surface area is 160 Å². The minimum atomic E-state index is -3.64. The van der Waals surface area contributed by atoms with Crippen molar-refractivity contribution in [1.29, 1.82) is 0 Å². The van der Waals surface area contributed by atoms with Crippen molar-refractivity contribution >= 4 is 27.7 Å². The van der Waals surface area contributed by atoms with E-state index in [0.717, 1.165) is 30.4 Å². The van der Waals surface area contributed by atoms with Crippen molar-refractivity contribution in [2.75, 3.05) is 25.9 Å². The van der Waals surface area contributed by atoms with Gasteiger partial charge in [0.1, 0.15) is 0 Å². The zero-order valence-electron chi connectivity index (χ0n) is 15.3. The van der Waals surface area contributed by atoms with Crippen molar-refractivity contribution in [3.63, 3.8) is 0 Å². The fraction of sp³-hybridized carbons (Fsp3) is 0.611. The lowest BCUT2D eigenvalue weighted by molar-refractivity contribution is 0.293. The molecule has 1 aliphatic heterocycles. The topological polar surface area (TPSA) is 87.8 Å². The Balaban J connectivity index is 1.61. The highest BCUT2D eigenvalue weighted by molar-refractivity contribution is 8.00. The fourth-order valence-corrected chi connectivity index (χ4v) is 5.92. The van der Waals surface area contributed by atoms with Gasteiger partial charge in [-0.2, -0.15) is 11.8 Å². The van der Waals surface area contributed by atoms with Gasteiger partial charge in [-0.3, -0.25) is 4.99 Å². The number of aliphatic imine (C=N–C) groups is 1. The lowest BCUT2D eigenvalue weighted by Gasteiger charge is -2.45. The molecule has 1 saturated heterocycles. The van der Waals surface area contributed by atoms with Crippen LogP contribution in [0.2, 0.25) is 0 Å². The number of hydrogen-bond acceptors (Lipinski definition) is 4. The predicted molar refractivity (Wildman–Crippen MR) is 108 cm³/mol. The number of rotatable bonds is 3. The number of hydrogen-bond donors (Lipinski definition) is 2. The summed E-state index contributed by atoms with van der Waals surface area (Å²) >= 11 is 2.14. The van der Waals surface area contributed by atoms with Crippen molar-refractivity contribution in [3.8, 4) is 0 Å². The highest BCUT2D eigenvalue weighted by Crippen LogP contribution is 2.42. The van der Waals surface area contributed by atoms with E-state index in [0.29, 0.717) is 11.3 Å². The summed E-state index contributed by atoms with van der Waals surface area (Å²) in [6, 6.07) is 6.66. The van der Waals surface area contributed by atoms with Gasteiger partial charge < -0.3 is 10.2 Å². The second-order valence-electron chi connectivity index (χ2n) is 7.10. The third-order valence-electron chi connectivity index (χ3n) is 5.23. The molecule has 1 spiro atoms. The van der Waals surface area contributed by atoms with Crippen LogP contribution in [-0.2, 0) is 16.6 Å². The van der Waals surface area contributed by atoms with Gasteiger partial charge in [-0.25, -0.2) is 13.6 Å². The second kappa shape index (κ2) is 8.19. The van der Waals surface area contributed by atoms with E-state index in [9.17, 15) is 8.42 Å². The molecule has 0 amide bonds. The first-order chi connectivity index (χ1) is 12.4. The third-order valence-corrected chi connectivity index (χ3v) is 7.69. The number of primary sulfonamides is 1. The molecule has 6 nitrogen and oxygen atoms in total. The first kappa shape index (κ1) is 19.5. The average Bonchev–Trinajstić information content (AvgIpc) is 2.63. The van der Waals surface area contributed by atoms with Gasteiger partial charge in [-0.15, -0.1) is 0 Å². The summed E-state index contributed by atoms with van der Waals surface area (Å²) in [5, 5.41) is 8.57. The Morgan fingerprint density at radius 3 is 2.58 bits per heavy atom. The molecule has 0 atom stereocenters. The summed E-state index contributed by atoms with van der Waals surface area (Å²) < 4.78 is 23.1. The first-order valence-corrected chi connectivity index (χ1v) is 11.7. The second-order valence-corrected chi connectivity index (χ2v) is 10.2. The van der Waals surface area contributed by atoms with Crippen molar-refractivity contribution in [3.05, 3.63) is 29.8 Å². The molecule has 1 saturated carbocycles. The number of thioether (sulfide) groups is 1. The molecule has 2 fully saturated rings. The molecule has 26 heavy (non-hydrogen) atoms. The van der Waals surface area contributed by atoms with Crippen LogP contribution in [0.25, 0.3) is 0 Å². The van der Waals surface area contributed by atoms with E-state index in [2.05, 4.69) is 27.0 Å². The van der Waals surface area contributed by atoms with Gasteiger partial charge >= 0.3 is 0 Å². The van der Waals surface area contributed by atoms with Gasteiger partial charge in [0.05, 0.1) is 4.90 Å². The number of nitrogens with zero attached hydrogens (tertiary/aromatic N) is 2. The molecule has 0 bridgehead atoms. The van der Waals surface area contributed by atoms with E-state index in [1.54, 1.807) is 24.3 Å². The van der Waals surface area contributed by atoms with Crippen LogP contribution < -0.4 is 10.5 Å². The molecule has 0 radical (unpaired) electrons. The standard InChI is InChI=1S/C18H28N4O2S2/c1-20-17(21-13-15-5-7-16(8-6-15)26(19,23)24)22-11-12-25-18(14-22)9-3-2-4-10-18/h5-8H,2-4,9-14H2,1H3,(H,20,21)(H2,19,23,24). The lowest BCUT2D eigenvalue weighted by Crippen LogP contribution is -2.53. The largest absolute Gasteiger partial charge is 0.352 e. The Morgan fingerprint density at radius 1 is 1.27 bits per heavy atom. The highest BCUT2D eigenvalue weighted by atomic mass is 32.2. The summed E-state index contributed by atoms with van der Waals surface area (Å²) in [4.78, 5) is 6.98. The quantitative estimate of drug-likeness (QED) is 0.604. The molecule has 2 aliphatic rings. The van der Waals surface area contributed by atoms with E-state index < -0.39 is 10.0 Å². The van der Waals surface area contributed by atoms with Gasteiger partial charge in [0, 0.05) is 37.2 Å². The van der Waals surface area contributed by atoms with Gasteiger partial charge in [0.15, 0.2) is 5.96 Å². The van der Waals surface area contributed by atoms with E-state index >= 15 is 0 Å². The maximum atomic E-state index is 11.3. The molecule has 1 aliphatic carbocycles. The van der Waals surface area contributed by atoms with Crippen molar-refractivity contribution in [1.82, 2.24) is 10.2 Å². The molecule has 8 heteroatoms. The fourth-order valence-electron chi connectivity index (χ4n) is 3.83. The number of benzene rings is 1. The zero-order chi connectivity index (χ0) is 18.6. The molecule has 1 heterocycles. The number of sulfonamides is 1. The summed E-state index contributed by atoms with van der Waals surface area (Å²) in [6.45, 7) is 2.67. The van der Waals surface area contributed by atoms with Crippen molar-refractivity contribution < 1.29 is 8.42 Å². The normalized spacial score (nSPS) is 21.0. The average molecular weight is 397 g/mol. The minimum Gasteiger partial charge on any atom is -0.352 e. The van der Waals surface area contributed by atoms with Crippen LogP contribution in [0, 0.1) is 0 Å². The monoisotopic (exact) mass is 396 g/mol. The van der Waals surface area contributed by atoms with Gasteiger partial charge in [-0.1, -0.05) is 31.4 Å². The molecule has 0 aromatic heterocycles. The molecule has 1 aromatic rings. The van der Waals surface area contributed by atoms with Crippen LogP contribution in [-0.4, -0.2) is 49.9 Å². The van der Waals surface area contributed by atoms with Crippen molar-refractivity contribution in [2.24, 2.45) is 10.1 Å². The number of nitrogens with two attached hydrogens (primary N) is 1. The predicted octanol–water partition coefficient (Wildman–Crippen LogP) is 2.16. The Bertz CT molecular complexity index is 735. The van der Waals surface area contributed by atoms with Crippen LogP contribution in [0.4, 0.5) is 0 Å². The van der Waals surface area contributed by atoms with Gasteiger partial charge in [0.25, 0.3) is 0 Å². The van der Waals surface area contributed by atoms with Gasteiger partial charge in [-0.05, 0) is 30.5 Å². The Kier molecular flexibility index (Phi) is 6.14. The lowest BCUT2D eigenvalue weighted by atomic mass is 9.87. The molecule has 3 rings (SSSR count). The molecule has 0 unspecified atom stereocenters. The minimum absolute atomic E-state index is 0.137. The summed E-state index contributed by atoms with van der Waals surface area (Å²) in [7, 11) is -1.82. The van der Waals surface area contributed by atoms with E-state index in [1.165, 1.54) is 32.1 Å². The van der Waals surface area contributed by atoms with Crippen LogP contribution in [0.5, 0.6) is 0 Å². The Hall–Kier alpha value is -1.25. The summed E-state index contributed by atoms with van der Waals surface area (Å²) in [5.74, 6) is 2.06. The molecular formula is C18H28N4O2S2. The van der Waals surface area contributed by atoms with Gasteiger partial charge in [0.2, 0.25) is 10.0 Å².